The molecule has 0 aromatic heterocycles. The molecule has 1 atom stereocenters. The molecule has 1 N–H and O–H groups in total. The highest BCUT2D eigenvalue weighted by Crippen LogP contribution is 1.91. The van der Waals surface area contributed by atoms with Crippen LogP contribution in [0.5, 0.6) is 0 Å². The standard InChI is InChI=1S/C8H20N2.H2/c1-5-8(9-6-2)7-10(3)4;/h8-9H,5-7H2,1-4H3;1H/t8-;/m0./s1. The van der Waals surface area contributed by atoms with E-state index in [9.17, 15) is 0 Å². The maximum atomic E-state index is 3.42. The average molecular weight is 146 g/mol. The van der Waals surface area contributed by atoms with Crippen LogP contribution in [0.25, 0.3) is 0 Å². The minimum atomic E-state index is 0. The van der Waals surface area contributed by atoms with Gasteiger partial charge in [0.2, 0.25) is 0 Å². The molecule has 0 aromatic carbocycles. The largest absolute Gasteiger partial charge is 0.313 e. The first-order chi connectivity index (χ1) is 4.70. The Morgan fingerprint density at radius 3 is 2.30 bits per heavy atom. The lowest BCUT2D eigenvalue weighted by Crippen LogP contribution is -2.37. The first kappa shape index (κ1) is 9.92. The lowest BCUT2D eigenvalue weighted by molar-refractivity contribution is 0.335. The molecule has 0 aromatic rings. The van der Waals surface area contributed by atoms with Crippen LogP contribution in [0.15, 0.2) is 0 Å². The van der Waals surface area contributed by atoms with Crippen LogP contribution in [0.1, 0.15) is 21.7 Å². The summed E-state index contributed by atoms with van der Waals surface area (Å²) >= 11 is 0. The predicted octanol–water partition coefficient (Wildman–Crippen LogP) is 1.18. The van der Waals surface area contributed by atoms with Crippen LogP contribution in [-0.2, 0) is 0 Å². The lowest BCUT2D eigenvalue weighted by Gasteiger charge is -2.19. The van der Waals surface area contributed by atoms with Crippen LogP contribution in [0.4, 0.5) is 0 Å². The lowest BCUT2D eigenvalue weighted by atomic mass is 10.2. The van der Waals surface area contributed by atoms with Gasteiger partial charge in [-0.1, -0.05) is 13.8 Å². The normalized spacial score (nSPS) is 14.1. The van der Waals surface area contributed by atoms with Gasteiger partial charge in [-0.05, 0) is 27.1 Å². The van der Waals surface area contributed by atoms with Gasteiger partial charge in [0.25, 0.3) is 0 Å². The molecule has 0 bridgehead atoms. The molecule has 0 aliphatic heterocycles. The molecule has 0 fully saturated rings. The smallest absolute Gasteiger partial charge is 0.0192 e. The molecule has 2 heteroatoms. The fourth-order valence-corrected chi connectivity index (χ4v) is 1.07. The molecule has 64 valence electrons. The van der Waals surface area contributed by atoms with E-state index in [0.29, 0.717) is 6.04 Å². The second-order valence-corrected chi connectivity index (χ2v) is 2.93. The van der Waals surface area contributed by atoms with Crippen LogP contribution in [0.2, 0.25) is 0 Å². The fourth-order valence-electron chi connectivity index (χ4n) is 1.07. The monoisotopic (exact) mass is 146 g/mol. The zero-order valence-electron chi connectivity index (χ0n) is 7.65. The summed E-state index contributed by atoms with van der Waals surface area (Å²) in [7, 11) is 4.22. The molecule has 0 heterocycles. The number of hydrogen-bond acceptors (Lipinski definition) is 2. The van der Waals surface area contributed by atoms with Gasteiger partial charge in [-0.2, -0.15) is 0 Å². The summed E-state index contributed by atoms with van der Waals surface area (Å²) in [5.41, 5.74) is 0. The molecule has 0 radical (unpaired) electrons. The Balaban J connectivity index is 0. The molecular formula is C8H22N2. The Kier molecular flexibility index (Phi) is 5.64. The quantitative estimate of drug-likeness (QED) is 0.626. The van der Waals surface area contributed by atoms with Gasteiger partial charge in [-0.3, -0.25) is 0 Å². The zero-order chi connectivity index (χ0) is 7.98. The zero-order valence-corrected chi connectivity index (χ0v) is 7.65. The Labute approximate surface area is 66.1 Å². The summed E-state index contributed by atoms with van der Waals surface area (Å²) in [5, 5.41) is 3.42. The minimum Gasteiger partial charge on any atom is -0.313 e. The van der Waals surface area contributed by atoms with E-state index in [1.807, 2.05) is 0 Å². The molecule has 0 saturated carbocycles. The molecular weight excluding hydrogens is 124 g/mol. The van der Waals surface area contributed by atoms with E-state index in [1.54, 1.807) is 0 Å². The van der Waals surface area contributed by atoms with Crippen molar-refractivity contribution in [1.29, 1.82) is 0 Å². The van der Waals surface area contributed by atoms with Crippen molar-refractivity contribution < 1.29 is 1.43 Å². The van der Waals surface area contributed by atoms with Crippen molar-refractivity contribution in [2.24, 2.45) is 0 Å². The summed E-state index contributed by atoms with van der Waals surface area (Å²) in [4.78, 5) is 2.22. The van der Waals surface area contributed by atoms with Gasteiger partial charge < -0.3 is 10.2 Å². The predicted molar refractivity (Wildman–Crippen MR) is 48.4 cm³/mol. The van der Waals surface area contributed by atoms with E-state index >= 15 is 0 Å². The fraction of sp³-hybridized carbons (Fsp3) is 1.00. The van der Waals surface area contributed by atoms with Gasteiger partial charge in [0.05, 0.1) is 0 Å². The van der Waals surface area contributed by atoms with Gasteiger partial charge in [-0.15, -0.1) is 0 Å². The summed E-state index contributed by atoms with van der Waals surface area (Å²) < 4.78 is 0. The second kappa shape index (κ2) is 5.69. The summed E-state index contributed by atoms with van der Waals surface area (Å²) in [6.07, 6.45) is 1.21. The number of nitrogens with one attached hydrogen (secondary N) is 1. The maximum Gasteiger partial charge on any atom is 0.0192 e. The van der Waals surface area contributed by atoms with Gasteiger partial charge in [-0.25, -0.2) is 0 Å². The number of nitrogens with zero attached hydrogens (tertiary/aromatic N) is 1. The Hall–Kier alpha value is -0.0800. The van der Waals surface area contributed by atoms with Crippen molar-refractivity contribution in [3.05, 3.63) is 0 Å². The molecule has 10 heavy (non-hydrogen) atoms. The third-order valence-electron chi connectivity index (χ3n) is 1.57. The number of likely N-dealkylation sites (N-methyl/N-ethyl adjacent to an activating group) is 2. The topological polar surface area (TPSA) is 15.3 Å². The van der Waals surface area contributed by atoms with Crippen LogP contribution < -0.4 is 5.32 Å². The Bertz CT molecular complexity index is 76.5. The molecule has 2 nitrogen and oxygen atoms in total. The van der Waals surface area contributed by atoms with Crippen LogP contribution in [0, 0.1) is 0 Å². The molecule has 0 saturated heterocycles. The SMILES string of the molecule is CCN[C@@H](CC)CN(C)C.[HH]. The van der Waals surface area contributed by atoms with E-state index in [2.05, 4.69) is 38.2 Å². The van der Waals surface area contributed by atoms with Gasteiger partial charge in [0, 0.05) is 14.0 Å². The van der Waals surface area contributed by atoms with Crippen LogP contribution >= 0.6 is 0 Å². The molecule has 0 aliphatic rings. The highest BCUT2D eigenvalue weighted by molar-refractivity contribution is 4.65. The molecule has 0 amide bonds. The second-order valence-electron chi connectivity index (χ2n) is 2.93. The van der Waals surface area contributed by atoms with Crippen LogP contribution in [-0.4, -0.2) is 38.1 Å². The molecule has 0 unspecified atom stereocenters. The third-order valence-corrected chi connectivity index (χ3v) is 1.57. The van der Waals surface area contributed by atoms with Crippen molar-refractivity contribution in [3.8, 4) is 0 Å². The van der Waals surface area contributed by atoms with E-state index in [-0.39, 0.29) is 1.43 Å². The van der Waals surface area contributed by atoms with E-state index in [4.69, 9.17) is 0 Å². The molecule has 0 rings (SSSR count). The number of hydrogen-bond donors (Lipinski definition) is 1. The first-order valence-electron chi connectivity index (χ1n) is 4.08. The molecule has 0 spiro atoms. The van der Waals surface area contributed by atoms with E-state index in [1.165, 1.54) is 6.42 Å². The number of rotatable bonds is 5. The summed E-state index contributed by atoms with van der Waals surface area (Å²) in [6, 6.07) is 0.667. The van der Waals surface area contributed by atoms with Gasteiger partial charge in [0.1, 0.15) is 0 Å². The average Bonchev–Trinajstić information content (AvgIpc) is 1.86. The van der Waals surface area contributed by atoms with Crippen molar-refractivity contribution in [2.45, 2.75) is 26.3 Å². The summed E-state index contributed by atoms with van der Waals surface area (Å²) in [5.74, 6) is 0. The summed E-state index contributed by atoms with van der Waals surface area (Å²) in [6.45, 7) is 6.59. The van der Waals surface area contributed by atoms with E-state index in [0.717, 1.165) is 13.1 Å². The van der Waals surface area contributed by atoms with Crippen molar-refractivity contribution in [2.75, 3.05) is 27.2 Å². The Morgan fingerprint density at radius 1 is 1.40 bits per heavy atom. The van der Waals surface area contributed by atoms with E-state index < -0.39 is 0 Å². The van der Waals surface area contributed by atoms with Crippen molar-refractivity contribution in [3.63, 3.8) is 0 Å². The Morgan fingerprint density at radius 2 is 2.00 bits per heavy atom. The third kappa shape index (κ3) is 4.77. The van der Waals surface area contributed by atoms with Gasteiger partial charge >= 0.3 is 0 Å². The highest BCUT2D eigenvalue weighted by Gasteiger charge is 2.03. The minimum absolute atomic E-state index is 0. The first-order valence-corrected chi connectivity index (χ1v) is 4.08. The highest BCUT2D eigenvalue weighted by atomic mass is 15.1. The van der Waals surface area contributed by atoms with Gasteiger partial charge in [0.15, 0.2) is 0 Å². The van der Waals surface area contributed by atoms with Crippen molar-refractivity contribution in [1.82, 2.24) is 10.2 Å². The van der Waals surface area contributed by atoms with Crippen molar-refractivity contribution >= 4 is 0 Å². The van der Waals surface area contributed by atoms with Crippen LogP contribution in [0.3, 0.4) is 0 Å². The molecule has 0 aliphatic carbocycles. The maximum absolute atomic E-state index is 3.42.